The minimum Gasteiger partial charge on any atom is -0.380 e. The van der Waals surface area contributed by atoms with E-state index in [9.17, 15) is 27.9 Å². The van der Waals surface area contributed by atoms with E-state index in [0.29, 0.717) is 18.2 Å². The number of aryl methyl sites for hydroxylation is 1. The molecule has 9 heteroatoms. The highest BCUT2D eigenvalue weighted by Crippen LogP contribution is 2.33. The smallest absolute Gasteiger partial charge is 0.380 e. The van der Waals surface area contributed by atoms with Crippen molar-refractivity contribution in [2.24, 2.45) is 0 Å². The molecule has 2 aromatic carbocycles. The van der Waals surface area contributed by atoms with Crippen molar-refractivity contribution in [3.8, 4) is 6.07 Å². The molecule has 0 aromatic heterocycles. The first-order chi connectivity index (χ1) is 13.9. The van der Waals surface area contributed by atoms with Crippen LogP contribution in [0, 0.1) is 11.3 Å². The molecular formula is C21H20F3N3O3. The van der Waals surface area contributed by atoms with Gasteiger partial charge in [0.15, 0.2) is 0 Å². The first-order valence-corrected chi connectivity index (χ1v) is 8.94. The van der Waals surface area contributed by atoms with Crippen LogP contribution in [0.1, 0.15) is 37.0 Å². The van der Waals surface area contributed by atoms with Gasteiger partial charge in [-0.2, -0.15) is 18.4 Å². The van der Waals surface area contributed by atoms with Gasteiger partial charge < -0.3 is 15.7 Å². The number of aliphatic hydroxyl groups is 1. The number of carbonyl (C=O) groups is 2. The van der Waals surface area contributed by atoms with Crippen molar-refractivity contribution in [1.82, 2.24) is 0 Å². The van der Waals surface area contributed by atoms with Gasteiger partial charge in [0.05, 0.1) is 17.2 Å². The standard InChI is InChI=1S/C21H20F3N3O3/c1-13(28)26-16-6-3-14(4-7-16)9-10-20(2,30)19(29)27-17-8-5-15(12-25)18(11-17)21(22,23)24/h3-8,11,30H,9-10H2,1-2H3,(H,26,28)(H,27,29). The lowest BCUT2D eigenvalue weighted by molar-refractivity contribution is -0.138. The highest BCUT2D eigenvalue weighted by atomic mass is 19.4. The van der Waals surface area contributed by atoms with Crippen LogP contribution in [0.25, 0.3) is 0 Å². The Bertz CT molecular complexity index is 978. The van der Waals surface area contributed by atoms with Crippen molar-refractivity contribution in [3.63, 3.8) is 0 Å². The molecule has 2 aromatic rings. The number of alkyl halides is 3. The molecule has 0 aliphatic heterocycles. The van der Waals surface area contributed by atoms with Gasteiger partial charge in [-0.3, -0.25) is 9.59 Å². The molecule has 2 amide bonds. The van der Waals surface area contributed by atoms with Crippen LogP contribution in [0.2, 0.25) is 0 Å². The van der Waals surface area contributed by atoms with E-state index in [2.05, 4.69) is 10.6 Å². The molecule has 3 N–H and O–H groups in total. The third-order valence-corrected chi connectivity index (χ3v) is 4.37. The van der Waals surface area contributed by atoms with Gasteiger partial charge in [-0.25, -0.2) is 0 Å². The van der Waals surface area contributed by atoms with E-state index in [1.54, 1.807) is 24.3 Å². The average molecular weight is 419 g/mol. The second-order valence-corrected chi connectivity index (χ2v) is 6.98. The van der Waals surface area contributed by atoms with E-state index < -0.39 is 28.8 Å². The van der Waals surface area contributed by atoms with Crippen LogP contribution in [0.4, 0.5) is 24.5 Å². The Kier molecular flexibility index (Phi) is 6.84. The maximum Gasteiger partial charge on any atom is 0.417 e. The summed E-state index contributed by atoms with van der Waals surface area (Å²) in [6.45, 7) is 2.65. The molecule has 0 bridgehead atoms. The van der Waals surface area contributed by atoms with Gasteiger partial charge in [-0.05, 0) is 55.7 Å². The van der Waals surface area contributed by atoms with E-state index in [1.165, 1.54) is 26.0 Å². The van der Waals surface area contributed by atoms with Crippen LogP contribution >= 0.6 is 0 Å². The molecule has 0 heterocycles. The Morgan fingerprint density at radius 1 is 1.07 bits per heavy atom. The molecule has 1 unspecified atom stereocenters. The summed E-state index contributed by atoms with van der Waals surface area (Å²) in [5.74, 6) is -1.07. The molecule has 0 radical (unpaired) electrons. The molecule has 0 saturated carbocycles. The van der Waals surface area contributed by atoms with E-state index in [4.69, 9.17) is 5.26 Å². The van der Waals surface area contributed by atoms with Crippen LogP contribution in [0.3, 0.4) is 0 Å². The summed E-state index contributed by atoms with van der Waals surface area (Å²) < 4.78 is 39.2. The molecule has 6 nitrogen and oxygen atoms in total. The molecule has 0 spiro atoms. The average Bonchev–Trinajstić information content (AvgIpc) is 2.66. The summed E-state index contributed by atoms with van der Waals surface area (Å²) in [6, 6.07) is 11.1. The summed E-state index contributed by atoms with van der Waals surface area (Å²) in [4.78, 5) is 23.4. The molecule has 0 aliphatic rings. The first-order valence-electron chi connectivity index (χ1n) is 8.94. The number of hydrogen-bond acceptors (Lipinski definition) is 4. The molecule has 2 rings (SSSR count). The summed E-state index contributed by atoms with van der Waals surface area (Å²) in [7, 11) is 0. The zero-order chi connectivity index (χ0) is 22.5. The van der Waals surface area contributed by atoms with Gasteiger partial charge in [0.2, 0.25) is 5.91 Å². The molecule has 30 heavy (non-hydrogen) atoms. The number of nitriles is 1. The highest BCUT2D eigenvalue weighted by Gasteiger charge is 2.35. The van der Waals surface area contributed by atoms with Gasteiger partial charge in [0.1, 0.15) is 5.60 Å². The van der Waals surface area contributed by atoms with E-state index in [1.807, 2.05) is 0 Å². The van der Waals surface area contributed by atoms with Crippen LogP contribution < -0.4 is 10.6 Å². The molecule has 0 aliphatic carbocycles. The second kappa shape index (κ2) is 8.97. The van der Waals surface area contributed by atoms with Crippen LogP contribution in [0.5, 0.6) is 0 Å². The number of amides is 2. The van der Waals surface area contributed by atoms with Crippen molar-refractivity contribution in [1.29, 1.82) is 5.26 Å². The monoisotopic (exact) mass is 419 g/mol. The predicted octanol–water partition coefficient (Wildman–Crippen LogP) is 3.86. The van der Waals surface area contributed by atoms with Gasteiger partial charge in [0, 0.05) is 18.3 Å². The lowest BCUT2D eigenvalue weighted by Crippen LogP contribution is -2.40. The number of nitrogens with one attached hydrogen (secondary N) is 2. The van der Waals surface area contributed by atoms with Crippen LogP contribution in [-0.4, -0.2) is 22.5 Å². The third-order valence-electron chi connectivity index (χ3n) is 4.37. The third kappa shape index (κ3) is 6.06. The molecule has 158 valence electrons. The summed E-state index contributed by atoms with van der Waals surface area (Å²) in [5, 5.41) is 24.2. The number of anilines is 2. The fraction of sp³-hybridized carbons (Fsp3) is 0.286. The minimum absolute atomic E-state index is 0.0146. The quantitative estimate of drug-likeness (QED) is 0.662. The number of carbonyl (C=O) groups excluding carboxylic acids is 2. The SMILES string of the molecule is CC(=O)Nc1ccc(CCC(C)(O)C(=O)Nc2ccc(C#N)c(C(F)(F)F)c2)cc1. The Hall–Kier alpha value is -3.38. The zero-order valence-corrected chi connectivity index (χ0v) is 16.3. The number of halogens is 3. The largest absolute Gasteiger partial charge is 0.417 e. The van der Waals surface area contributed by atoms with Gasteiger partial charge >= 0.3 is 6.18 Å². The Morgan fingerprint density at radius 3 is 2.20 bits per heavy atom. The van der Waals surface area contributed by atoms with Gasteiger partial charge in [0.25, 0.3) is 5.91 Å². The number of benzene rings is 2. The van der Waals surface area contributed by atoms with Crippen LogP contribution in [0.15, 0.2) is 42.5 Å². The predicted molar refractivity (Wildman–Crippen MR) is 104 cm³/mol. The van der Waals surface area contributed by atoms with E-state index in [0.717, 1.165) is 11.6 Å². The maximum atomic E-state index is 13.1. The molecule has 0 saturated heterocycles. The Morgan fingerprint density at radius 2 is 1.67 bits per heavy atom. The fourth-order valence-corrected chi connectivity index (χ4v) is 2.68. The van der Waals surface area contributed by atoms with Crippen molar-refractivity contribution in [2.45, 2.75) is 38.5 Å². The van der Waals surface area contributed by atoms with Crippen LogP contribution in [-0.2, 0) is 22.2 Å². The summed E-state index contributed by atoms with van der Waals surface area (Å²) in [5.41, 5.74) is -2.34. The second-order valence-electron chi connectivity index (χ2n) is 6.98. The Labute approximate surface area is 171 Å². The number of hydrogen-bond donors (Lipinski definition) is 3. The van der Waals surface area contributed by atoms with E-state index in [-0.39, 0.29) is 18.0 Å². The maximum absolute atomic E-state index is 13.1. The van der Waals surface area contributed by atoms with Gasteiger partial charge in [-0.15, -0.1) is 0 Å². The molecular weight excluding hydrogens is 399 g/mol. The first kappa shape index (κ1) is 22.9. The number of rotatable bonds is 6. The van der Waals surface area contributed by atoms with Crippen molar-refractivity contribution in [2.75, 3.05) is 10.6 Å². The van der Waals surface area contributed by atoms with Gasteiger partial charge in [-0.1, -0.05) is 12.1 Å². The number of nitrogens with zero attached hydrogens (tertiary/aromatic N) is 1. The lowest BCUT2D eigenvalue weighted by atomic mass is 9.95. The lowest BCUT2D eigenvalue weighted by Gasteiger charge is -2.23. The fourth-order valence-electron chi connectivity index (χ4n) is 2.68. The summed E-state index contributed by atoms with van der Waals surface area (Å²) >= 11 is 0. The zero-order valence-electron chi connectivity index (χ0n) is 16.3. The summed E-state index contributed by atoms with van der Waals surface area (Å²) in [6.07, 6.45) is -4.42. The van der Waals surface area contributed by atoms with Crippen molar-refractivity contribution in [3.05, 3.63) is 59.2 Å². The van der Waals surface area contributed by atoms with E-state index >= 15 is 0 Å². The van der Waals surface area contributed by atoms with Crippen molar-refractivity contribution < 1.29 is 27.9 Å². The Balaban J connectivity index is 2.05. The van der Waals surface area contributed by atoms with Crippen molar-refractivity contribution >= 4 is 23.2 Å². The highest BCUT2D eigenvalue weighted by molar-refractivity contribution is 5.97. The molecule has 1 atom stereocenters. The topological polar surface area (TPSA) is 102 Å². The molecule has 0 fully saturated rings. The normalized spacial score (nSPS) is 13.1. The minimum atomic E-state index is -4.75.